The summed E-state index contributed by atoms with van der Waals surface area (Å²) in [5.41, 5.74) is 0. The van der Waals surface area contributed by atoms with Crippen molar-refractivity contribution < 1.29 is 4.74 Å². The van der Waals surface area contributed by atoms with Gasteiger partial charge in [-0.1, -0.05) is 0 Å². The summed E-state index contributed by atoms with van der Waals surface area (Å²) >= 11 is 0. The minimum Gasteiger partial charge on any atom is -0.381 e. The highest BCUT2D eigenvalue weighted by Gasteiger charge is 2.34. The van der Waals surface area contributed by atoms with Gasteiger partial charge < -0.3 is 4.74 Å². The summed E-state index contributed by atoms with van der Waals surface area (Å²) in [6.45, 7) is 3.91. The van der Waals surface area contributed by atoms with Gasteiger partial charge in [-0.25, -0.2) is 4.68 Å². The van der Waals surface area contributed by atoms with E-state index in [-0.39, 0.29) is 0 Å². The minimum absolute atomic E-state index is 0.570. The van der Waals surface area contributed by atoms with Crippen LogP contribution in [0.25, 0.3) is 0 Å². The van der Waals surface area contributed by atoms with Gasteiger partial charge in [0.15, 0.2) is 5.82 Å². The molecule has 2 saturated carbocycles. The first-order chi connectivity index (χ1) is 9.40. The van der Waals surface area contributed by atoms with Gasteiger partial charge in [0.05, 0.1) is 19.2 Å². The molecule has 19 heavy (non-hydrogen) atoms. The second kappa shape index (κ2) is 4.83. The Bertz CT molecular complexity index is 434. The molecule has 1 aliphatic heterocycles. The molecule has 3 fully saturated rings. The molecule has 1 atom stereocenters. The van der Waals surface area contributed by atoms with Crippen LogP contribution in [0.5, 0.6) is 0 Å². The summed E-state index contributed by atoms with van der Waals surface area (Å²) in [7, 11) is 0. The lowest BCUT2D eigenvalue weighted by atomic mass is 10.1. The Hall–Kier alpha value is -1.01. The van der Waals surface area contributed by atoms with Crippen molar-refractivity contribution in [2.75, 3.05) is 19.8 Å². The number of rotatable bonds is 6. The third-order valence-corrected chi connectivity index (χ3v) is 4.38. The third kappa shape index (κ3) is 2.65. The predicted molar refractivity (Wildman–Crippen MR) is 68.4 cm³/mol. The van der Waals surface area contributed by atoms with Crippen LogP contribution in [0.3, 0.4) is 0 Å². The summed E-state index contributed by atoms with van der Waals surface area (Å²) in [6, 6.07) is 1.32. The van der Waals surface area contributed by atoms with Gasteiger partial charge in [0.2, 0.25) is 0 Å². The van der Waals surface area contributed by atoms with Crippen LogP contribution in [0.15, 0.2) is 0 Å². The van der Waals surface area contributed by atoms with Gasteiger partial charge in [-0.15, -0.1) is 5.10 Å². The molecule has 0 bridgehead atoms. The average molecular weight is 263 g/mol. The summed E-state index contributed by atoms with van der Waals surface area (Å²) in [4.78, 5) is 2.57. The SMILES string of the molecule is C1C[C@H](CN(Cc2nnnn2C2CC2)C2CC2)CO1. The van der Waals surface area contributed by atoms with Crippen molar-refractivity contribution in [3.63, 3.8) is 0 Å². The summed E-state index contributed by atoms with van der Waals surface area (Å²) in [5, 5.41) is 12.2. The van der Waals surface area contributed by atoms with Crippen molar-refractivity contribution in [1.29, 1.82) is 0 Å². The summed E-state index contributed by atoms with van der Waals surface area (Å²) < 4.78 is 7.54. The van der Waals surface area contributed by atoms with Crippen LogP contribution < -0.4 is 0 Å². The van der Waals surface area contributed by atoms with Crippen molar-refractivity contribution >= 4 is 0 Å². The van der Waals surface area contributed by atoms with Crippen molar-refractivity contribution in [2.24, 2.45) is 5.92 Å². The molecule has 104 valence electrons. The molecule has 1 aromatic heterocycles. The van der Waals surface area contributed by atoms with Crippen LogP contribution in [0.2, 0.25) is 0 Å². The molecule has 0 spiro atoms. The zero-order chi connectivity index (χ0) is 12.7. The van der Waals surface area contributed by atoms with Crippen molar-refractivity contribution in [3.05, 3.63) is 5.82 Å². The van der Waals surface area contributed by atoms with Gasteiger partial charge in [0.1, 0.15) is 0 Å². The third-order valence-electron chi connectivity index (χ3n) is 4.38. The maximum absolute atomic E-state index is 5.49. The van der Waals surface area contributed by atoms with E-state index < -0.39 is 0 Å². The van der Waals surface area contributed by atoms with Gasteiger partial charge in [-0.05, 0) is 48.4 Å². The molecule has 0 aromatic carbocycles. The van der Waals surface area contributed by atoms with Gasteiger partial charge >= 0.3 is 0 Å². The molecule has 0 radical (unpaired) electrons. The zero-order valence-corrected chi connectivity index (χ0v) is 11.2. The van der Waals surface area contributed by atoms with Gasteiger partial charge in [0.25, 0.3) is 0 Å². The molecule has 0 N–H and O–H groups in total. The van der Waals surface area contributed by atoms with Crippen LogP contribution in [0.1, 0.15) is 44.0 Å². The van der Waals surface area contributed by atoms with Gasteiger partial charge in [-0.2, -0.15) is 0 Å². The predicted octanol–water partition coefficient (Wildman–Crippen LogP) is 1.01. The molecule has 1 saturated heterocycles. The van der Waals surface area contributed by atoms with Crippen molar-refractivity contribution in [2.45, 2.75) is 50.7 Å². The minimum atomic E-state index is 0.570. The average Bonchev–Trinajstić information content (AvgIpc) is 3.35. The number of hydrogen-bond acceptors (Lipinski definition) is 5. The van der Waals surface area contributed by atoms with E-state index in [0.29, 0.717) is 12.0 Å². The second-order valence-corrected chi connectivity index (χ2v) is 6.16. The molecule has 0 unspecified atom stereocenters. The van der Waals surface area contributed by atoms with E-state index in [2.05, 4.69) is 20.4 Å². The van der Waals surface area contributed by atoms with E-state index in [9.17, 15) is 0 Å². The van der Waals surface area contributed by atoms with E-state index in [4.69, 9.17) is 4.74 Å². The molecule has 0 amide bonds. The highest BCUT2D eigenvalue weighted by molar-refractivity contribution is 4.94. The van der Waals surface area contributed by atoms with E-state index in [1.807, 2.05) is 4.68 Å². The lowest BCUT2D eigenvalue weighted by molar-refractivity contribution is 0.159. The largest absolute Gasteiger partial charge is 0.381 e. The van der Waals surface area contributed by atoms with Crippen LogP contribution >= 0.6 is 0 Å². The monoisotopic (exact) mass is 263 g/mol. The fraction of sp³-hybridized carbons (Fsp3) is 0.923. The maximum Gasteiger partial charge on any atom is 0.165 e. The van der Waals surface area contributed by atoms with Crippen LogP contribution in [0.4, 0.5) is 0 Å². The molecule has 1 aromatic rings. The molecular weight excluding hydrogens is 242 g/mol. The lowest BCUT2D eigenvalue weighted by Crippen LogP contribution is -2.32. The summed E-state index contributed by atoms with van der Waals surface area (Å²) in [5.74, 6) is 1.75. The Labute approximate surface area is 113 Å². The maximum atomic E-state index is 5.49. The topological polar surface area (TPSA) is 56.1 Å². The smallest absolute Gasteiger partial charge is 0.165 e. The van der Waals surface area contributed by atoms with Crippen LogP contribution in [-0.4, -0.2) is 50.9 Å². The molecule has 3 aliphatic rings. The first-order valence-electron chi connectivity index (χ1n) is 7.48. The van der Waals surface area contributed by atoms with E-state index in [1.165, 1.54) is 32.1 Å². The first-order valence-corrected chi connectivity index (χ1v) is 7.48. The van der Waals surface area contributed by atoms with Crippen molar-refractivity contribution in [3.8, 4) is 0 Å². The fourth-order valence-corrected chi connectivity index (χ4v) is 2.94. The highest BCUT2D eigenvalue weighted by Crippen LogP contribution is 2.35. The Morgan fingerprint density at radius 2 is 2.11 bits per heavy atom. The molecule has 2 heterocycles. The quantitative estimate of drug-likeness (QED) is 0.766. The van der Waals surface area contributed by atoms with E-state index in [1.54, 1.807) is 0 Å². The van der Waals surface area contributed by atoms with Gasteiger partial charge in [-0.3, -0.25) is 4.90 Å². The molecule has 2 aliphatic carbocycles. The number of ether oxygens (including phenoxy) is 1. The number of tetrazole rings is 1. The standard InChI is InChI=1S/C13H21N5O/c1-2-11(1)17(7-10-5-6-19-9-10)8-13-14-15-16-18(13)12-3-4-12/h10-12H,1-9H2/t10-/m1/s1. The molecular formula is C13H21N5O. The number of nitrogens with zero attached hydrogens (tertiary/aromatic N) is 5. The van der Waals surface area contributed by atoms with E-state index in [0.717, 1.165) is 38.2 Å². The number of hydrogen-bond donors (Lipinski definition) is 0. The van der Waals surface area contributed by atoms with Crippen molar-refractivity contribution in [1.82, 2.24) is 25.1 Å². The van der Waals surface area contributed by atoms with Gasteiger partial charge in [0, 0.05) is 19.2 Å². The Kier molecular flexibility index (Phi) is 3.00. The Balaban J connectivity index is 1.43. The Morgan fingerprint density at radius 3 is 2.79 bits per heavy atom. The molecule has 4 rings (SSSR count). The first kappa shape index (κ1) is 11.8. The zero-order valence-electron chi connectivity index (χ0n) is 11.2. The van der Waals surface area contributed by atoms with Crippen LogP contribution in [0, 0.1) is 5.92 Å². The number of aromatic nitrogens is 4. The van der Waals surface area contributed by atoms with Crippen LogP contribution in [-0.2, 0) is 11.3 Å². The normalized spacial score (nSPS) is 27.3. The van der Waals surface area contributed by atoms with E-state index >= 15 is 0 Å². The molecule has 6 nitrogen and oxygen atoms in total. The lowest BCUT2D eigenvalue weighted by Gasteiger charge is -2.24. The summed E-state index contributed by atoms with van der Waals surface area (Å²) in [6.07, 6.45) is 6.34. The second-order valence-electron chi connectivity index (χ2n) is 6.16. The highest BCUT2D eigenvalue weighted by atomic mass is 16.5. The molecule has 6 heteroatoms. The fourth-order valence-electron chi connectivity index (χ4n) is 2.94. The Morgan fingerprint density at radius 1 is 1.21 bits per heavy atom.